The van der Waals surface area contributed by atoms with E-state index >= 15 is 0 Å². The molecule has 0 spiro atoms. The summed E-state index contributed by atoms with van der Waals surface area (Å²) in [6, 6.07) is 14.2. The first kappa shape index (κ1) is 22.7. The van der Waals surface area contributed by atoms with Crippen molar-refractivity contribution in [1.29, 1.82) is 0 Å². The molecule has 0 atom stereocenters. The highest BCUT2D eigenvalue weighted by atomic mass is 28.3. The van der Waals surface area contributed by atoms with Crippen LogP contribution in [0.3, 0.4) is 0 Å². The Bertz CT molecular complexity index is 1220. The highest BCUT2D eigenvalue weighted by Gasteiger charge is 2.10. The summed E-state index contributed by atoms with van der Waals surface area (Å²) in [6.45, 7) is 7.18. The number of benzene rings is 1. The molecule has 171 valence electrons. The van der Waals surface area contributed by atoms with Gasteiger partial charge in [0.25, 0.3) is 0 Å². The van der Waals surface area contributed by atoms with E-state index in [9.17, 15) is 4.79 Å². The van der Waals surface area contributed by atoms with Gasteiger partial charge < -0.3 is 18.6 Å². The summed E-state index contributed by atoms with van der Waals surface area (Å²) < 4.78 is 24.2. The van der Waals surface area contributed by atoms with Gasteiger partial charge in [0.1, 0.15) is 30.4 Å². The van der Waals surface area contributed by atoms with Gasteiger partial charge in [-0.3, -0.25) is 4.79 Å². The zero-order valence-electron chi connectivity index (χ0n) is 18.9. The molecule has 1 radical (unpaired) electrons. The number of furan rings is 1. The van der Waals surface area contributed by atoms with Crippen LogP contribution < -0.4 is 4.74 Å². The van der Waals surface area contributed by atoms with E-state index in [-0.39, 0.29) is 21.4 Å². The minimum Gasteiger partial charge on any atom is -0.458 e. The van der Waals surface area contributed by atoms with Gasteiger partial charge in [0.15, 0.2) is 0 Å². The predicted molar refractivity (Wildman–Crippen MR) is 125 cm³/mol. The fraction of sp³-hybridized carbons (Fsp3) is 0.292. The number of rotatable bonds is 10. The van der Waals surface area contributed by atoms with Gasteiger partial charge in [0.2, 0.25) is 5.88 Å². The minimum absolute atomic E-state index is 0.101. The third kappa shape index (κ3) is 6.08. The van der Waals surface area contributed by atoms with E-state index in [0.717, 1.165) is 29.3 Å². The zero-order chi connectivity index (χ0) is 23.2. The summed E-state index contributed by atoms with van der Waals surface area (Å²) >= 11 is 0. The van der Waals surface area contributed by atoms with Gasteiger partial charge in [0.05, 0.1) is 5.69 Å². The smallest absolute Gasteiger partial charge is 0.303 e. The Labute approximate surface area is 193 Å². The first-order chi connectivity index (χ1) is 16.0. The summed E-state index contributed by atoms with van der Waals surface area (Å²) in [4.78, 5) is 15.4. The molecule has 0 saturated heterocycles. The number of carbonyl (C=O) groups excluding carboxylic acids is 1. The summed E-state index contributed by atoms with van der Waals surface area (Å²) in [6.07, 6.45) is 3.51. The van der Waals surface area contributed by atoms with Crippen molar-refractivity contribution in [2.45, 2.75) is 39.4 Å². The van der Waals surface area contributed by atoms with Crippen LogP contribution in [0.5, 0.6) is 11.6 Å². The van der Waals surface area contributed by atoms with Crippen LogP contribution in [-0.2, 0) is 27.6 Å². The lowest BCUT2D eigenvalue weighted by atomic mass is 10.2. The Hall–Kier alpha value is -3.43. The Balaban J connectivity index is 1.40. The molecule has 0 N–H and O–H groups in total. The summed E-state index contributed by atoms with van der Waals surface area (Å²) in [5.74, 6) is 1.29. The summed E-state index contributed by atoms with van der Waals surface area (Å²) in [7, 11) is -0.286. The van der Waals surface area contributed by atoms with Crippen molar-refractivity contribution in [2.24, 2.45) is 0 Å². The molecule has 9 heteroatoms. The topological polar surface area (TPSA) is 88.6 Å². The third-order valence-corrected chi connectivity index (χ3v) is 6.10. The molecular formula is C24H26N3O5Si. The maximum atomic E-state index is 11.0. The Morgan fingerprint density at radius 2 is 2.03 bits per heavy atom. The summed E-state index contributed by atoms with van der Waals surface area (Å²) in [5.41, 5.74) is 2.51. The quantitative estimate of drug-likeness (QED) is 0.179. The number of fused-ring (bicyclic) bond motifs is 1. The van der Waals surface area contributed by atoms with Gasteiger partial charge in [-0.05, 0) is 36.4 Å². The largest absolute Gasteiger partial charge is 0.458 e. The van der Waals surface area contributed by atoms with Gasteiger partial charge in [0, 0.05) is 57.8 Å². The molecule has 0 saturated carbocycles. The lowest BCUT2D eigenvalue weighted by Gasteiger charge is -2.10. The standard InChI is InChI=1S/C24H26N3O5Si/c1-17(28)30-15-21-12-18-4-6-20(13-23(18)31-21)32-24-7-5-19(14-25-24)22-8-9-26-27(22)16-29-10-11-33(2)3/h4-9,12-14H,10-11,15-16H2,1-3H3. The van der Waals surface area contributed by atoms with Crippen molar-refractivity contribution in [3.05, 3.63) is 60.6 Å². The molecule has 1 aromatic carbocycles. The molecule has 8 nitrogen and oxygen atoms in total. The van der Waals surface area contributed by atoms with Gasteiger partial charge in [-0.2, -0.15) is 5.10 Å². The molecule has 33 heavy (non-hydrogen) atoms. The molecule has 0 fully saturated rings. The Morgan fingerprint density at radius 3 is 2.79 bits per heavy atom. The number of nitrogens with zero attached hydrogens (tertiary/aromatic N) is 3. The zero-order valence-corrected chi connectivity index (χ0v) is 19.9. The highest BCUT2D eigenvalue weighted by molar-refractivity contribution is 6.55. The normalized spacial score (nSPS) is 11.3. The Kier molecular flexibility index (Phi) is 7.21. The van der Waals surface area contributed by atoms with E-state index in [1.165, 1.54) is 6.92 Å². The second-order valence-corrected chi connectivity index (χ2v) is 10.8. The monoisotopic (exact) mass is 464 g/mol. The SMILES string of the molecule is CC(=O)OCc1cc2ccc(Oc3ccc(-c4ccnn4COCC[Si](C)C)cn3)cc2o1. The molecule has 4 aromatic rings. The second-order valence-electron chi connectivity index (χ2n) is 7.89. The van der Waals surface area contributed by atoms with Crippen molar-refractivity contribution < 1.29 is 23.4 Å². The van der Waals surface area contributed by atoms with Crippen LogP contribution in [0, 0.1) is 0 Å². The Morgan fingerprint density at radius 1 is 1.15 bits per heavy atom. The maximum absolute atomic E-state index is 11.0. The van der Waals surface area contributed by atoms with Crippen LogP contribution in [-0.4, -0.2) is 36.1 Å². The van der Waals surface area contributed by atoms with Crippen LogP contribution in [0.1, 0.15) is 12.7 Å². The maximum Gasteiger partial charge on any atom is 0.303 e. The van der Waals surface area contributed by atoms with Crippen LogP contribution in [0.4, 0.5) is 0 Å². The molecule has 0 aliphatic heterocycles. The van der Waals surface area contributed by atoms with E-state index < -0.39 is 0 Å². The van der Waals surface area contributed by atoms with E-state index in [4.69, 9.17) is 18.6 Å². The van der Waals surface area contributed by atoms with Gasteiger partial charge in [-0.25, -0.2) is 9.67 Å². The molecular weight excluding hydrogens is 438 g/mol. The van der Waals surface area contributed by atoms with Crippen LogP contribution >= 0.6 is 0 Å². The van der Waals surface area contributed by atoms with Crippen molar-refractivity contribution >= 4 is 25.7 Å². The lowest BCUT2D eigenvalue weighted by Crippen LogP contribution is -2.10. The highest BCUT2D eigenvalue weighted by Crippen LogP contribution is 2.28. The van der Waals surface area contributed by atoms with E-state index in [0.29, 0.717) is 29.7 Å². The number of esters is 1. The number of carbonyl (C=O) groups is 1. The molecule has 0 aliphatic rings. The van der Waals surface area contributed by atoms with Crippen molar-refractivity contribution in [3.63, 3.8) is 0 Å². The summed E-state index contributed by atoms with van der Waals surface area (Å²) in [5, 5.41) is 5.26. The van der Waals surface area contributed by atoms with E-state index in [1.54, 1.807) is 18.5 Å². The number of hydrogen-bond acceptors (Lipinski definition) is 7. The van der Waals surface area contributed by atoms with Gasteiger partial charge in [-0.1, -0.05) is 13.1 Å². The first-order valence-electron chi connectivity index (χ1n) is 10.7. The predicted octanol–water partition coefficient (Wildman–Crippen LogP) is 5.28. The molecule has 4 rings (SSSR count). The number of hydrogen-bond donors (Lipinski definition) is 0. The lowest BCUT2D eigenvalue weighted by molar-refractivity contribution is -0.142. The van der Waals surface area contributed by atoms with Crippen molar-refractivity contribution in [1.82, 2.24) is 14.8 Å². The fourth-order valence-corrected chi connectivity index (χ4v) is 3.75. The number of pyridine rings is 1. The average molecular weight is 465 g/mol. The number of ether oxygens (including phenoxy) is 3. The molecule has 0 unspecified atom stereocenters. The average Bonchev–Trinajstić information content (AvgIpc) is 3.42. The van der Waals surface area contributed by atoms with Gasteiger partial charge >= 0.3 is 5.97 Å². The van der Waals surface area contributed by atoms with Gasteiger partial charge in [-0.15, -0.1) is 0 Å². The van der Waals surface area contributed by atoms with Crippen LogP contribution in [0.25, 0.3) is 22.2 Å². The molecule has 0 amide bonds. The number of aromatic nitrogens is 3. The fourth-order valence-electron chi connectivity index (χ4n) is 3.19. The minimum atomic E-state index is -0.350. The third-order valence-electron chi connectivity index (χ3n) is 4.89. The van der Waals surface area contributed by atoms with E-state index in [2.05, 4.69) is 23.2 Å². The molecule has 3 aromatic heterocycles. The second kappa shape index (κ2) is 10.5. The first-order valence-corrected chi connectivity index (χ1v) is 13.4. The van der Waals surface area contributed by atoms with E-state index in [1.807, 2.05) is 41.1 Å². The molecule has 0 aliphatic carbocycles. The van der Waals surface area contributed by atoms with Crippen LogP contribution in [0.15, 0.2) is 59.3 Å². The van der Waals surface area contributed by atoms with Crippen molar-refractivity contribution in [2.75, 3.05) is 6.61 Å². The van der Waals surface area contributed by atoms with Crippen molar-refractivity contribution in [3.8, 4) is 22.9 Å². The van der Waals surface area contributed by atoms with Crippen LogP contribution in [0.2, 0.25) is 19.1 Å². The molecule has 3 heterocycles. The molecule has 0 bridgehead atoms.